The van der Waals surface area contributed by atoms with E-state index in [1.165, 1.54) is 44.4 Å². The molecule has 0 bridgehead atoms. The van der Waals surface area contributed by atoms with Crippen LogP contribution < -0.4 is 4.74 Å². The molecular weight excluding hydrogens is 569 g/mol. The van der Waals surface area contributed by atoms with Gasteiger partial charge in [0.15, 0.2) is 0 Å². The zero-order valence-corrected chi connectivity index (χ0v) is 22.3. The van der Waals surface area contributed by atoms with Gasteiger partial charge in [-0.2, -0.15) is 26.3 Å². The van der Waals surface area contributed by atoms with Gasteiger partial charge in [-0.05, 0) is 72.0 Å². The fraction of sp³-hybridized carbons (Fsp3) is 0.333. The van der Waals surface area contributed by atoms with Crippen molar-refractivity contribution in [2.75, 3.05) is 13.7 Å². The molecule has 0 saturated carbocycles. The number of benzene rings is 2. The summed E-state index contributed by atoms with van der Waals surface area (Å²) in [5.74, 6) is -0.993. The zero-order chi connectivity index (χ0) is 30.4. The van der Waals surface area contributed by atoms with Gasteiger partial charge >= 0.3 is 12.4 Å². The van der Waals surface area contributed by atoms with Crippen molar-refractivity contribution < 1.29 is 45.0 Å². The van der Waals surface area contributed by atoms with Gasteiger partial charge < -0.3 is 14.4 Å². The molecule has 1 saturated heterocycles. The number of rotatable bonds is 6. The highest BCUT2D eigenvalue weighted by Gasteiger charge is 2.48. The average molecular weight is 595 g/mol. The van der Waals surface area contributed by atoms with Crippen molar-refractivity contribution in [2.24, 2.45) is 0 Å². The SMILES string of the molecule is COc1ccc(C2=CC(=O)N3C[C@H](OC(C)c4cc(C(F)(F)F)cc(C(F)(F)F)c4)C(c4ccc(F)cc4)C3C2)cn1. The Morgan fingerprint density at radius 1 is 0.952 bits per heavy atom. The fourth-order valence-electron chi connectivity index (χ4n) is 5.59. The summed E-state index contributed by atoms with van der Waals surface area (Å²) in [6.45, 7) is 1.40. The highest BCUT2D eigenvalue weighted by atomic mass is 19.4. The van der Waals surface area contributed by atoms with E-state index in [2.05, 4.69) is 4.98 Å². The molecule has 4 atom stereocenters. The molecule has 1 fully saturated rings. The van der Waals surface area contributed by atoms with Crippen LogP contribution in [0.1, 0.15) is 53.2 Å². The standard InChI is InChI=1S/C30H25F7N2O3/c1-16(19-9-21(29(32,33)34)13-22(10-19)30(35,36)37)42-25-15-39-24(28(25)17-3-6-23(31)7-4-17)11-20(12-27(39)40)18-5-8-26(41-2)38-14-18/h3-10,12-14,16,24-25,28H,11,15H2,1-2H3/t16?,24?,25-,28?/m0/s1. The number of fused-ring (bicyclic) bond motifs is 1. The molecule has 5 rings (SSSR count). The maximum Gasteiger partial charge on any atom is 0.416 e. The van der Waals surface area contributed by atoms with E-state index in [-0.39, 0.29) is 24.1 Å². The molecule has 3 aromatic rings. The third kappa shape index (κ3) is 5.99. The Hall–Kier alpha value is -3.93. The van der Waals surface area contributed by atoms with Crippen molar-refractivity contribution in [3.8, 4) is 5.88 Å². The predicted molar refractivity (Wildman–Crippen MR) is 138 cm³/mol. The first-order chi connectivity index (χ1) is 19.7. The number of hydrogen-bond donors (Lipinski definition) is 0. The van der Waals surface area contributed by atoms with Gasteiger partial charge in [-0.25, -0.2) is 9.37 Å². The van der Waals surface area contributed by atoms with Crippen LogP contribution in [0.4, 0.5) is 30.7 Å². The number of ether oxygens (including phenoxy) is 2. The summed E-state index contributed by atoms with van der Waals surface area (Å²) in [6, 6.07) is 9.82. The van der Waals surface area contributed by atoms with E-state index in [0.717, 1.165) is 0 Å². The molecule has 0 radical (unpaired) electrons. The third-order valence-electron chi connectivity index (χ3n) is 7.63. The number of carbonyl (C=O) groups excluding carboxylic acids is 1. The van der Waals surface area contributed by atoms with Crippen LogP contribution in [-0.2, 0) is 21.9 Å². The molecule has 3 heterocycles. The second-order valence-electron chi connectivity index (χ2n) is 10.3. The minimum atomic E-state index is -5.01. The normalized spacial score (nSPS) is 21.6. The van der Waals surface area contributed by atoms with Crippen LogP contribution in [0.25, 0.3) is 5.57 Å². The fourth-order valence-corrected chi connectivity index (χ4v) is 5.59. The second-order valence-corrected chi connectivity index (χ2v) is 10.3. The Bertz CT molecular complexity index is 1450. The lowest BCUT2D eigenvalue weighted by atomic mass is 9.84. The van der Waals surface area contributed by atoms with Gasteiger partial charge in [0.2, 0.25) is 11.8 Å². The van der Waals surface area contributed by atoms with E-state index in [1.807, 2.05) is 0 Å². The molecule has 222 valence electrons. The molecule has 2 aliphatic heterocycles. The molecule has 1 aromatic heterocycles. The lowest BCUT2D eigenvalue weighted by Crippen LogP contribution is -2.39. The molecule has 0 spiro atoms. The summed E-state index contributed by atoms with van der Waals surface area (Å²) in [4.78, 5) is 19.0. The molecule has 5 nitrogen and oxygen atoms in total. The minimum Gasteiger partial charge on any atom is -0.481 e. The highest BCUT2D eigenvalue weighted by Crippen LogP contribution is 2.45. The van der Waals surface area contributed by atoms with Crippen LogP contribution in [0.3, 0.4) is 0 Å². The van der Waals surface area contributed by atoms with Gasteiger partial charge in [-0.1, -0.05) is 12.1 Å². The molecule has 0 N–H and O–H groups in total. The summed E-state index contributed by atoms with van der Waals surface area (Å²) in [6.07, 6.45) is -8.64. The Kier molecular flexibility index (Phi) is 7.78. The van der Waals surface area contributed by atoms with Crippen molar-refractivity contribution in [1.29, 1.82) is 0 Å². The molecule has 2 aliphatic rings. The molecule has 2 aromatic carbocycles. The molecule has 0 aliphatic carbocycles. The largest absolute Gasteiger partial charge is 0.481 e. The number of hydrogen-bond acceptors (Lipinski definition) is 4. The van der Waals surface area contributed by atoms with E-state index in [1.54, 1.807) is 23.2 Å². The van der Waals surface area contributed by atoms with Crippen molar-refractivity contribution in [3.05, 3.63) is 101 Å². The predicted octanol–water partition coefficient (Wildman–Crippen LogP) is 7.20. The number of nitrogens with zero attached hydrogens (tertiary/aromatic N) is 2. The van der Waals surface area contributed by atoms with E-state index in [0.29, 0.717) is 41.1 Å². The van der Waals surface area contributed by atoms with E-state index in [4.69, 9.17) is 9.47 Å². The highest BCUT2D eigenvalue weighted by molar-refractivity contribution is 5.97. The maximum atomic E-state index is 13.8. The first-order valence-electron chi connectivity index (χ1n) is 13.0. The van der Waals surface area contributed by atoms with Crippen LogP contribution in [0.15, 0.2) is 66.9 Å². The summed E-state index contributed by atoms with van der Waals surface area (Å²) in [5.41, 5.74) is -1.22. The number of halogens is 7. The van der Waals surface area contributed by atoms with Gasteiger partial charge in [0, 0.05) is 36.8 Å². The lowest BCUT2D eigenvalue weighted by Gasteiger charge is -2.32. The second kappa shape index (κ2) is 11.0. The van der Waals surface area contributed by atoms with Gasteiger partial charge in [0.1, 0.15) is 5.82 Å². The van der Waals surface area contributed by atoms with Gasteiger partial charge in [-0.3, -0.25) is 4.79 Å². The Balaban J connectivity index is 1.48. The summed E-state index contributed by atoms with van der Waals surface area (Å²) in [5, 5.41) is 0. The Morgan fingerprint density at radius 2 is 1.60 bits per heavy atom. The molecule has 3 unspecified atom stereocenters. The van der Waals surface area contributed by atoms with Gasteiger partial charge in [0.05, 0.1) is 30.4 Å². The zero-order valence-electron chi connectivity index (χ0n) is 22.3. The first kappa shape index (κ1) is 29.6. The van der Waals surface area contributed by atoms with Crippen LogP contribution in [-0.4, -0.2) is 41.6 Å². The summed E-state index contributed by atoms with van der Waals surface area (Å²) >= 11 is 0. The number of carbonyl (C=O) groups is 1. The monoisotopic (exact) mass is 594 g/mol. The molecule has 1 amide bonds. The Morgan fingerprint density at radius 3 is 2.14 bits per heavy atom. The van der Waals surface area contributed by atoms with Crippen molar-refractivity contribution in [3.63, 3.8) is 0 Å². The number of amides is 1. The van der Waals surface area contributed by atoms with E-state index < -0.39 is 53.5 Å². The van der Waals surface area contributed by atoms with Crippen molar-refractivity contribution in [1.82, 2.24) is 9.88 Å². The van der Waals surface area contributed by atoms with Crippen LogP contribution in [0.2, 0.25) is 0 Å². The molecule has 12 heteroatoms. The number of pyridine rings is 1. The van der Waals surface area contributed by atoms with E-state index in [9.17, 15) is 35.5 Å². The van der Waals surface area contributed by atoms with Crippen molar-refractivity contribution in [2.45, 2.75) is 49.9 Å². The topological polar surface area (TPSA) is 51.7 Å². The lowest BCUT2D eigenvalue weighted by molar-refractivity contribution is -0.143. The van der Waals surface area contributed by atoms with Crippen LogP contribution in [0, 0.1) is 5.82 Å². The number of methoxy groups -OCH3 is 1. The van der Waals surface area contributed by atoms with Crippen LogP contribution >= 0.6 is 0 Å². The van der Waals surface area contributed by atoms with Gasteiger partial charge in [0.25, 0.3) is 0 Å². The number of alkyl halides is 6. The summed E-state index contributed by atoms with van der Waals surface area (Å²) < 4.78 is 106. The maximum absolute atomic E-state index is 13.8. The Labute approximate surface area is 236 Å². The third-order valence-corrected chi connectivity index (χ3v) is 7.63. The van der Waals surface area contributed by atoms with Gasteiger partial charge in [-0.15, -0.1) is 0 Å². The average Bonchev–Trinajstić information content (AvgIpc) is 3.30. The quantitative estimate of drug-likeness (QED) is 0.284. The summed E-state index contributed by atoms with van der Waals surface area (Å²) in [7, 11) is 1.47. The molecular formula is C30H25F7N2O3. The van der Waals surface area contributed by atoms with Crippen LogP contribution in [0.5, 0.6) is 5.88 Å². The minimum absolute atomic E-state index is 0.0333. The number of aromatic nitrogens is 1. The smallest absolute Gasteiger partial charge is 0.416 e. The molecule has 42 heavy (non-hydrogen) atoms. The van der Waals surface area contributed by atoms with E-state index >= 15 is 0 Å². The first-order valence-corrected chi connectivity index (χ1v) is 13.0. The van der Waals surface area contributed by atoms with Crippen molar-refractivity contribution >= 4 is 11.5 Å².